The predicted molar refractivity (Wildman–Crippen MR) is 73.8 cm³/mol. The number of nitrogens with zero attached hydrogens (tertiary/aromatic N) is 1. The first-order valence-electron chi connectivity index (χ1n) is 5.72. The van der Waals surface area contributed by atoms with Crippen molar-refractivity contribution in [3.05, 3.63) is 46.7 Å². The van der Waals surface area contributed by atoms with Crippen molar-refractivity contribution >= 4 is 21.6 Å². The molecule has 1 heterocycles. The lowest BCUT2D eigenvalue weighted by molar-refractivity contribution is -0.274. The molecule has 2 N–H and O–H groups in total. The molecule has 2 rings (SSSR count). The number of hydrogen-bond acceptors (Lipinski definition) is 4. The van der Waals surface area contributed by atoms with E-state index in [9.17, 15) is 13.2 Å². The summed E-state index contributed by atoms with van der Waals surface area (Å²) in [5.41, 5.74) is 6.56. The largest absolute Gasteiger partial charge is 0.573 e. The number of benzene rings is 1. The predicted octanol–water partition coefficient (Wildman–Crippen LogP) is 3.90. The zero-order valence-corrected chi connectivity index (χ0v) is 12.1. The van der Waals surface area contributed by atoms with Crippen molar-refractivity contribution in [2.24, 2.45) is 0 Å². The minimum absolute atomic E-state index is 0.0194. The summed E-state index contributed by atoms with van der Waals surface area (Å²) in [6.07, 6.45) is -1.81. The van der Waals surface area contributed by atoms with Crippen LogP contribution in [0.5, 0.6) is 11.5 Å². The summed E-state index contributed by atoms with van der Waals surface area (Å²) in [6, 6.07) is 5.82. The molecule has 0 bridgehead atoms. The summed E-state index contributed by atoms with van der Waals surface area (Å²) in [5.74, 6) is 0.0225. The average Bonchev–Trinajstić information content (AvgIpc) is 2.40. The van der Waals surface area contributed by atoms with Gasteiger partial charge in [-0.05, 0) is 28.1 Å². The summed E-state index contributed by atoms with van der Waals surface area (Å²) < 4.78 is 46.3. The first kappa shape index (κ1) is 15.4. The smallest absolute Gasteiger partial charge is 0.485 e. The number of alkyl halides is 3. The third kappa shape index (κ3) is 4.25. The Morgan fingerprint density at radius 3 is 2.62 bits per heavy atom. The van der Waals surface area contributed by atoms with Gasteiger partial charge in [0, 0.05) is 11.8 Å². The molecule has 0 amide bonds. The lowest BCUT2D eigenvalue weighted by Crippen LogP contribution is -2.17. The Bertz CT molecular complexity index is 635. The van der Waals surface area contributed by atoms with E-state index in [-0.39, 0.29) is 16.8 Å². The fourth-order valence-electron chi connectivity index (χ4n) is 1.54. The van der Waals surface area contributed by atoms with Crippen LogP contribution in [-0.4, -0.2) is 11.3 Å². The topological polar surface area (TPSA) is 57.4 Å². The Morgan fingerprint density at radius 1 is 1.19 bits per heavy atom. The molecular weight excluding hydrogens is 353 g/mol. The van der Waals surface area contributed by atoms with Crippen molar-refractivity contribution in [1.29, 1.82) is 0 Å². The van der Waals surface area contributed by atoms with E-state index in [4.69, 9.17) is 10.5 Å². The Balaban J connectivity index is 2.14. The van der Waals surface area contributed by atoms with E-state index in [1.165, 1.54) is 24.5 Å². The minimum Gasteiger partial charge on any atom is -0.485 e. The number of aromatic nitrogens is 1. The molecule has 0 saturated carbocycles. The number of ether oxygens (including phenoxy) is 2. The molecule has 0 aliphatic rings. The van der Waals surface area contributed by atoms with Gasteiger partial charge >= 0.3 is 6.36 Å². The van der Waals surface area contributed by atoms with Gasteiger partial charge in [-0.2, -0.15) is 0 Å². The molecule has 1 aromatic heterocycles. The van der Waals surface area contributed by atoms with Crippen molar-refractivity contribution in [2.45, 2.75) is 13.0 Å². The van der Waals surface area contributed by atoms with Crippen LogP contribution in [0.2, 0.25) is 0 Å². The molecule has 0 saturated heterocycles. The number of hydrogen-bond donors (Lipinski definition) is 1. The quantitative estimate of drug-likeness (QED) is 0.895. The molecule has 4 nitrogen and oxygen atoms in total. The maximum atomic E-state index is 12.3. The summed E-state index contributed by atoms with van der Waals surface area (Å²) >= 11 is 3.07. The molecule has 0 spiro atoms. The molecule has 112 valence electrons. The summed E-state index contributed by atoms with van der Waals surface area (Å²) in [6.45, 7) is 0.0194. The Kier molecular flexibility index (Phi) is 4.56. The van der Waals surface area contributed by atoms with Crippen molar-refractivity contribution < 1.29 is 22.6 Å². The van der Waals surface area contributed by atoms with Gasteiger partial charge in [-0.15, -0.1) is 13.2 Å². The highest BCUT2D eigenvalue weighted by Gasteiger charge is 2.32. The van der Waals surface area contributed by atoms with Crippen LogP contribution < -0.4 is 15.2 Å². The van der Waals surface area contributed by atoms with E-state index in [0.29, 0.717) is 17.0 Å². The zero-order valence-electron chi connectivity index (χ0n) is 10.5. The number of pyridine rings is 1. The van der Waals surface area contributed by atoms with Gasteiger partial charge in [-0.1, -0.05) is 12.1 Å². The van der Waals surface area contributed by atoms with Crippen LogP contribution in [0.1, 0.15) is 5.56 Å². The van der Waals surface area contributed by atoms with E-state index in [1.54, 1.807) is 12.1 Å². The van der Waals surface area contributed by atoms with Gasteiger partial charge in [0.15, 0.2) is 5.75 Å². The van der Waals surface area contributed by atoms with Crippen LogP contribution in [0.3, 0.4) is 0 Å². The molecule has 8 heteroatoms. The Morgan fingerprint density at radius 2 is 1.95 bits per heavy atom. The van der Waals surface area contributed by atoms with Gasteiger partial charge in [0.25, 0.3) is 0 Å². The maximum absolute atomic E-state index is 12.3. The highest BCUT2D eigenvalue weighted by molar-refractivity contribution is 9.10. The van der Waals surface area contributed by atoms with Crippen LogP contribution in [-0.2, 0) is 6.61 Å². The molecule has 0 unspecified atom stereocenters. The van der Waals surface area contributed by atoms with E-state index in [2.05, 4.69) is 25.7 Å². The SMILES string of the molecule is Nc1ccncc1OCc1cccc(OC(F)(F)F)c1Br. The third-order valence-corrected chi connectivity index (χ3v) is 3.37. The van der Waals surface area contributed by atoms with E-state index < -0.39 is 6.36 Å². The second-order valence-electron chi connectivity index (χ2n) is 3.98. The lowest BCUT2D eigenvalue weighted by Gasteiger charge is -2.14. The fraction of sp³-hybridized carbons (Fsp3) is 0.154. The number of nitrogens with two attached hydrogens (primary N) is 1. The van der Waals surface area contributed by atoms with Crippen molar-refractivity contribution in [2.75, 3.05) is 5.73 Å². The fourth-order valence-corrected chi connectivity index (χ4v) is 2.00. The van der Waals surface area contributed by atoms with Gasteiger partial charge in [0.1, 0.15) is 12.4 Å². The van der Waals surface area contributed by atoms with E-state index in [0.717, 1.165) is 0 Å². The molecule has 2 aromatic rings. The Hall–Kier alpha value is -1.96. The van der Waals surface area contributed by atoms with Gasteiger partial charge in [0.2, 0.25) is 0 Å². The van der Waals surface area contributed by atoms with Gasteiger partial charge in [-0.25, -0.2) is 0 Å². The first-order valence-corrected chi connectivity index (χ1v) is 6.51. The van der Waals surface area contributed by atoms with Gasteiger partial charge in [0.05, 0.1) is 16.4 Å². The van der Waals surface area contributed by atoms with Crippen molar-refractivity contribution in [3.8, 4) is 11.5 Å². The molecule has 0 radical (unpaired) electrons. The van der Waals surface area contributed by atoms with Crippen LogP contribution in [0.25, 0.3) is 0 Å². The number of rotatable bonds is 4. The number of nitrogen functional groups attached to an aromatic ring is 1. The van der Waals surface area contributed by atoms with Crippen LogP contribution in [0.15, 0.2) is 41.1 Å². The normalized spacial score (nSPS) is 11.2. The van der Waals surface area contributed by atoms with E-state index in [1.807, 2.05) is 0 Å². The summed E-state index contributed by atoms with van der Waals surface area (Å²) in [5, 5.41) is 0. The molecule has 0 fully saturated rings. The van der Waals surface area contributed by atoms with Gasteiger partial charge < -0.3 is 15.2 Å². The monoisotopic (exact) mass is 362 g/mol. The maximum Gasteiger partial charge on any atom is 0.573 e. The highest BCUT2D eigenvalue weighted by Crippen LogP contribution is 2.33. The first-order chi connectivity index (χ1) is 9.87. The van der Waals surface area contributed by atoms with Crippen LogP contribution in [0.4, 0.5) is 18.9 Å². The van der Waals surface area contributed by atoms with Crippen molar-refractivity contribution in [1.82, 2.24) is 4.98 Å². The summed E-state index contributed by atoms with van der Waals surface area (Å²) in [7, 11) is 0. The molecule has 0 aliphatic heterocycles. The van der Waals surface area contributed by atoms with Crippen molar-refractivity contribution in [3.63, 3.8) is 0 Å². The minimum atomic E-state index is -4.75. The molecule has 21 heavy (non-hydrogen) atoms. The number of halogens is 4. The molecule has 0 atom stereocenters. The van der Waals surface area contributed by atoms with Gasteiger partial charge in [-0.3, -0.25) is 4.98 Å². The average molecular weight is 363 g/mol. The second kappa shape index (κ2) is 6.21. The second-order valence-corrected chi connectivity index (χ2v) is 4.77. The standard InChI is InChI=1S/C13H10BrF3N2O2/c14-12-8(2-1-3-10(12)21-13(15,16)17)7-20-11-6-19-5-4-9(11)18/h1-6H,7H2,(H2,18,19). The molecule has 1 aromatic carbocycles. The number of anilines is 1. The van der Waals surface area contributed by atoms with Crippen LogP contribution in [0, 0.1) is 0 Å². The molecule has 0 aliphatic carbocycles. The lowest BCUT2D eigenvalue weighted by atomic mass is 10.2. The van der Waals surface area contributed by atoms with Crippen LogP contribution >= 0.6 is 15.9 Å². The summed E-state index contributed by atoms with van der Waals surface area (Å²) in [4.78, 5) is 3.86. The molecular formula is C13H10BrF3N2O2. The zero-order chi connectivity index (χ0) is 15.5. The highest BCUT2D eigenvalue weighted by atomic mass is 79.9. The van der Waals surface area contributed by atoms with E-state index >= 15 is 0 Å². The third-order valence-electron chi connectivity index (χ3n) is 2.47. The Labute approximate surface area is 126 Å².